The molecule has 0 aliphatic rings. The van der Waals surface area contributed by atoms with Crippen LogP contribution in [0.1, 0.15) is 11.7 Å². The minimum absolute atomic E-state index is 0.377. The van der Waals surface area contributed by atoms with Crippen molar-refractivity contribution in [1.82, 2.24) is 5.32 Å². The van der Waals surface area contributed by atoms with Gasteiger partial charge in [-0.3, -0.25) is 4.79 Å². The van der Waals surface area contributed by atoms with Gasteiger partial charge in [-0.25, -0.2) is 0 Å². The summed E-state index contributed by atoms with van der Waals surface area (Å²) >= 11 is 0. The van der Waals surface area contributed by atoms with E-state index < -0.39 is 24.7 Å². The first-order valence-corrected chi connectivity index (χ1v) is 4.69. The normalized spacial score (nSPS) is 13.2. The Bertz CT molecular complexity index is 390. The number of halogens is 3. The van der Waals surface area contributed by atoms with E-state index in [2.05, 4.69) is 0 Å². The first-order chi connectivity index (χ1) is 7.80. The van der Waals surface area contributed by atoms with Gasteiger partial charge in [0.15, 0.2) is 0 Å². The molecule has 1 aromatic carbocycles. The van der Waals surface area contributed by atoms with Crippen molar-refractivity contribution in [2.75, 3.05) is 12.3 Å². The molecule has 0 aliphatic carbocycles. The minimum atomic E-state index is -4.94. The van der Waals surface area contributed by atoms with Gasteiger partial charge < -0.3 is 16.2 Å². The zero-order valence-electron chi connectivity index (χ0n) is 8.66. The molecule has 1 atom stereocenters. The molecule has 4 nitrogen and oxygen atoms in total. The number of carbonyl (C=O) groups excluding carboxylic acids is 1. The number of alkyl halides is 3. The summed E-state index contributed by atoms with van der Waals surface area (Å²) in [7, 11) is 0. The summed E-state index contributed by atoms with van der Waals surface area (Å²) in [6.07, 6.45) is -6.15. The summed E-state index contributed by atoms with van der Waals surface area (Å²) in [6.45, 7) is -0.512. The van der Waals surface area contributed by atoms with Gasteiger partial charge in [-0.2, -0.15) is 13.2 Å². The Morgan fingerprint density at radius 1 is 1.35 bits per heavy atom. The fourth-order valence-electron chi connectivity index (χ4n) is 1.13. The maximum Gasteiger partial charge on any atom is 0.471 e. The van der Waals surface area contributed by atoms with Crippen molar-refractivity contribution in [1.29, 1.82) is 0 Å². The van der Waals surface area contributed by atoms with Gasteiger partial charge in [0.2, 0.25) is 0 Å². The molecule has 1 amide bonds. The van der Waals surface area contributed by atoms with E-state index >= 15 is 0 Å². The zero-order valence-corrected chi connectivity index (χ0v) is 8.66. The van der Waals surface area contributed by atoms with Crippen molar-refractivity contribution in [3.63, 3.8) is 0 Å². The SMILES string of the molecule is Nc1ccc(C(O)CNC(=O)C(F)(F)F)cc1. The molecule has 0 radical (unpaired) electrons. The molecule has 0 heterocycles. The molecule has 1 unspecified atom stereocenters. The number of aliphatic hydroxyl groups excluding tert-OH is 1. The van der Waals surface area contributed by atoms with Crippen LogP contribution in [0.2, 0.25) is 0 Å². The molecule has 0 saturated carbocycles. The fraction of sp³-hybridized carbons (Fsp3) is 0.300. The van der Waals surface area contributed by atoms with Gasteiger partial charge in [-0.1, -0.05) is 12.1 Å². The third kappa shape index (κ3) is 3.95. The predicted octanol–water partition coefficient (Wildman–Crippen LogP) is 0.981. The van der Waals surface area contributed by atoms with Crippen LogP contribution in [0.5, 0.6) is 0 Å². The smallest absolute Gasteiger partial charge is 0.399 e. The fourth-order valence-corrected chi connectivity index (χ4v) is 1.13. The molecule has 0 aromatic heterocycles. The van der Waals surface area contributed by atoms with Crippen LogP contribution >= 0.6 is 0 Å². The van der Waals surface area contributed by atoms with Crippen LogP contribution in [-0.2, 0) is 4.79 Å². The van der Waals surface area contributed by atoms with E-state index in [0.717, 1.165) is 0 Å². The van der Waals surface area contributed by atoms with Crippen LogP contribution in [0.3, 0.4) is 0 Å². The lowest BCUT2D eigenvalue weighted by Crippen LogP contribution is -2.38. The highest BCUT2D eigenvalue weighted by atomic mass is 19.4. The van der Waals surface area contributed by atoms with Gasteiger partial charge >= 0.3 is 12.1 Å². The number of anilines is 1. The molecule has 7 heteroatoms. The van der Waals surface area contributed by atoms with E-state index in [1.807, 2.05) is 0 Å². The van der Waals surface area contributed by atoms with Crippen LogP contribution in [0.25, 0.3) is 0 Å². The Kier molecular flexibility index (Phi) is 3.95. The Morgan fingerprint density at radius 2 is 1.88 bits per heavy atom. The monoisotopic (exact) mass is 248 g/mol. The summed E-state index contributed by atoms with van der Waals surface area (Å²) in [5.74, 6) is -2.08. The van der Waals surface area contributed by atoms with Crippen molar-refractivity contribution in [3.05, 3.63) is 29.8 Å². The number of benzene rings is 1. The number of amides is 1. The lowest BCUT2D eigenvalue weighted by Gasteiger charge is -2.13. The maximum absolute atomic E-state index is 11.8. The Balaban J connectivity index is 2.53. The summed E-state index contributed by atoms with van der Waals surface area (Å²) in [6, 6.07) is 5.95. The standard InChI is InChI=1S/C10H11F3N2O2/c11-10(12,13)9(17)15-5-8(16)6-1-3-7(14)4-2-6/h1-4,8,16H,5,14H2,(H,15,17). The number of aliphatic hydroxyl groups is 1. The molecule has 0 fully saturated rings. The molecule has 0 spiro atoms. The van der Waals surface area contributed by atoms with Crippen molar-refractivity contribution in [3.8, 4) is 0 Å². The highest BCUT2D eigenvalue weighted by Crippen LogP contribution is 2.16. The van der Waals surface area contributed by atoms with E-state index in [1.165, 1.54) is 24.3 Å². The number of rotatable bonds is 3. The van der Waals surface area contributed by atoms with Gasteiger partial charge in [0.1, 0.15) is 0 Å². The lowest BCUT2D eigenvalue weighted by molar-refractivity contribution is -0.174. The Labute approximate surface area is 95.2 Å². The van der Waals surface area contributed by atoms with Crippen molar-refractivity contribution in [2.24, 2.45) is 0 Å². The van der Waals surface area contributed by atoms with Crippen LogP contribution in [-0.4, -0.2) is 23.7 Å². The minimum Gasteiger partial charge on any atom is -0.399 e. The van der Waals surface area contributed by atoms with E-state index in [1.54, 1.807) is 5.32 Å². The predicted molar refractivity (Wildman–Crippen MR) is 54.9 cm³/mol. The van der Waals surface area contributed by atoms with Crippen molar-refractivity contribution < 1.29 is 23.1 Å². The summed E-state index contributed by atoms with van der Waals surface area (Å²) < 4.78 is 35.5. The average Bonchev–Trinajstić information content (AvgIpc) is 2.25. The van der Waals surface area contributed by atoms with Gasteiger partial charge in [0, 0.05) is 12.2 Å². The van der Waals surface area contributed by atoms with E-state index in [4.69, 9.17) is 5.73 Å². The van der Waals surface area contributed by atoms with E-state index in [0.29, 0.717) is 11.3 Å². The van der Waals surface area contributed by atoms with Crippen molar-refractivity contribution in [2.45, 2.75) is 12.3 Å². The second kappa shape index (κ2) is 5.05. The first kappa shape index (κ1) is 13.3. The number of nitrogens with one attached hydrogen (secondary N) is 1. The molecule has 0 saturated heterocycles. The third-order valence-corrected chi connectivity index (χ3v) is 2.03. The number of hydrogen-bond donors (Lipinski definition) is 3. The van der Waals surface area contributed by atoms with Gasteiger partial charge in [-0.05, 0) is 17.7 Å². The van der Waals surface area contributed by atoms with Gasteiger partial charge in [0.05, 0.1) is 6.10 Å². The highest BCUT2D eigenvalue weighted by Gasteiger charge is 2.38. The number of hydrogen-bond acceptors (Lipinski definition) is 3. The number of nitrogen functional groups attached to an aromatic ring is 1. The second-order valence-corrected chi connectivity index (χ2v) is 3.39. The maximum atomic E-state index is 11.8. The van der Waals surface area contributed by atoms with Crippen LogP contribution in [0.15, 0.2) is 24.3 Å². The Hall–Kier alpha value is -1.76. The van der Waals surface area contributed by atoms with Crippen LogP contribution < -0.4 is 11.1 Å². The van der Waals surface area contributed by atoms with Gasteiger partial charge in [-0.15, -0.1) is 0 Å². The molecule has 0 aliphatic heterocycles. The van der Waals surface area contributed by atoms with Crippen LogP contribution in [0.4, 0.5) is 18.9 Å². The molecule has 94 valence electrons. The molecule has 4 N–H and O–H groups in total. The van der Waals surface area contributed by atoms with E-state index in [-0.39, 0.29) is 0 Å². The molecule has 1 rings (SSSR count). The van der Waals surface area contributed by atoms with Gasteiger partial charge in [0.25, 0.3) is 0 Å². The largest absolute Gasteiger partial charge is 0.471 e. The molecular weight excluding hydrogens is 237 g/mol. The Morgan fingerprint density at radius 3 is 2.35 bits per heavy atom. The highest BCUT2D eigenvalue weighted by molar-refractivity contribution is 5.81. The van der Waals surface area contributed by atoms with Crippen LogP contribution in [0, 0.1) is 0 Å². The lowest BCUT2D eigenvalue weighted by atomic mass is 10.1. The first-order valence-electron chi connectivity index (χ1n) is 4.69. The summed E-state index contributed by atoms with van der Waals surface area (Å²) in [4.78, 5) is 10.5. The molecular formula is C10H11F3N2O2. The molecule has 0 bridgehead atoms. The number of carbonyl (C=O) groups is 1. The quantitative estimate of drug-likeness (QED) is 0.698. The third-order valence-electron chi connectivity index (χ3n) is 2.03. The average molecular weight is 248 g/mol. The second-order valence-electron chi connectivity index (χ2n) is 3.39. The summed E-state index contributed by atoms with van der Waals surface area (Å²) in [5, 5.41) is 11.1. The topological polar surface area (TPSA) is 75.3 Å². The zero-order chi connectivity index (χ0) is 13.1. The number of nitrogens with two attached hydrogens (primary N) is 1. The van der Waals surface area contributed by atoms with E-state index in [9.17, 15) is 23.1 Å². The molecule has 1 aromatic rings. The summed E-state index contributed by atoms with van der Waals surface area (Å²) in [5.41, 5.74) is 6.25. The molecule has 17 heavy (non-hydrogen) atoms. The van der Waals surface area contributed by atoms with Crippen molar-refractivity contribution >= 4 is 11.6 Å².